The second kappa shape index (κ2) is 6.95. The first kappa shape index (κ1) is 15.9. The van der Waals surface area contributed by atoms with Gasteiger partial charge in [-0.3, -0.25) is 15.0 Å². The van der Waals surface area contributed by atoms with E-state index in [-0.39, 0.29) is 0 Å². The van der Waals surface area contributed by atoms with Crippen molar-refractivity contribution >= 4 is 5.69 Å². The molecule has 0 unspecified atom stereocenters. The Morgan fingerprint density at radius 1 is 1.38 bits per heavy atom. The number of hydrogen-bond acceptors (Lipinski definition) is 4. The first-order valence-corrected chi connectivity index (χ1v) is 7.25. The first-order chi connectivity index (χ1) is 9.95. The van der Waals surface area contributed by atoms with E-state index in [0.717, 1.165) is 44.0 Å². The molecule has 0 aliphatic carbocycles. The lowest BCUT2D eigenvalue weighted by Gasteiger charge is -2.33. The number of nitro benzene ring substituents is 1. The summed E-state index contributed by atoms with van der Waals surface area (Å²) in [6.07, 6.45) is 2.29. The Morgan fingerprint density at radius 2 is 2.05 bits per heavy atom. The fourth-order valence-electron chi connectivity index (χ4n) is 2.90. The highest BCUT2D eigenvalue weighted by Gasteiger charge is 2.20. The largest absolute Gasteiger partial charge is 0.309 e. The van der Waals surface area contributed by atoms with Crippen LogP contribution in [0, 0.1) is 21.8 Å². The van der Waals surface area contributed by atoms with E-state index in [1.807, 2.05) is 0 Å². The molecule has 0 saturated carbocycles. The molecule has 0 spiro atoms. The van der Waals surface area contributed by atoms with Gasteiger partial charge in [0.2, 0.25) is 5.82 Å². The van der Waals surface area contributed by atoms with E-state index in [0.29, 0.717) is 6.54 Å². The van der Waals surface area contributed by atoms with Crippen LogP contribution in [0.25, 0.3) is 0 Å². The summed E-state index contributed by atoms with van der Waals surface area (Å²) in [6.45, 7) is 3.76. The van der Waals surface area contributed by atoms with E-state index in [9.17, 15) is 14.5 Å². The predicted molar refractivity (Wildman–Crippen MR) is 79.6 cm³/mol. The van der Waals surface area contributed by atoms with Crippen molar-refractivity contribution in [2.75, 3.05) is 33.7 Å². The molecular formula is C15H22FN3O2. The van der Waals surface area contributed by atoms with E-state index < -0.39 is 16.4 Å². The fourth-order valence-corrected chi connectivity index (χ4v) is 2.90. The molecule has 6 heteroatoms. The van der Waals surface area contributed by atoms with Gasteiger partial charge in [0.05, 0.1) is 4.92 Å². The predicted octanol–water partition coefficient (Wildman–Crippen LogP) is 2.51. The third kappa shape index (κ3) is 4.47. The molecule has 1 aromatic carbocycles. The first-order valence-electron chi connectivity index (χ1n) is 7.25. The molecule has 116 valence electrons. The molecule has 5 nitrogen and oxygen atoms in total. The van der Waals surface area contributed by atoms with Crippen molar-refractivity contribution < 1.29 is 9.31 Å². The Labute approximate surface area is 124 Å². The third-order valence-electron chi connectivity index (χ3n) is 3.95. The average molecular weight is 295 g/mol. The number of benzene rings is 1. The van der Waals surface area contributed by atoms with E-state index >= 15 is 0 Å². The number of halogens is 1. The lowest BCUT2D eigenvalue weighted by molar-refractivity contribution is -0.387. The molecule has 1 saturated heterocycles. The van der Waals surface area contributed by atoms with Crippen LogP contribution in [0.4, 0.5) is 10.1 Å². The van der Waals surface area contributed by atoms with Crippen molar-refractivity contribution in [2.45, 2.75) is 19.4 Å². The number of rotatable bonds is 5. The summed E-state index contributed by atoms with van der Waals surface area (Å²) in [5.74, 6) is -0.0233. The molecule has 21 heavy (non-hydrogen) atoms. The molecule has 0 aromatic heterocycles. The summed E-state index contributed by atoms with van der Waals surface area (Å²) in [5, 5.41) is 10.6. The van der Waals surface area contributed by atoms with Crippen molar-refractivity contribution in [1.29, 1.82) is 0 Å². The zero-order valence-corrected chi connectivity index (χ0v) is 12.6. The van der Waals surface area contributed by atoms with Gasteiger partial charge < -0.3 is 4.90 Å². The molecule has 1 fully saturated rings. The SMILES string of the molecule is CN(C)CC1CCN(Cc2ccc([N+](=O)[O-])c(F)c2)CC1. The summed E-state index contributed by atoms with van der Waals surface area (Å²) in [5.41, 5.74) is 0.340. The third-order valence-corrected chi connectivity index (χ3v) is 3.95. The number of likely N-dealkylation sites (tertiary alicyclic amines) is 1. The summed E-state index contributed by atoms with van der Waals surface area (Å²) < 4.78 is 13.6. The zero-order valence-electron chi connectivity index (χ0n) is 12.6. The van der Waals surface area contributed by atoms with Crippen LogP contribution >= 0.6 is 0 Å². The Morgan fingerprint density at radius 3 is 2.57 bits per heavy atom. The maximum absolute atomic E-state index is 13.6. The van der Waals surface area contributed by atoms with E-state index in [2.05, 4.69) is 23.9 Å². The molecule has 0 bridgehead atoms. The molecule has 0 N–H and O–H groups in total. The van der Waals surface area contributed by atoms with Crippen molar-refractivity contribution in [2.24, 2.45) is 5.92 Å². The number of piperidine rings is 1. The van der Waals surface area contributed by atoms with Crippen LogP contribution in [0.2, 0.25) is 0 Å². The van der Waals surface area contributed by atoms with Crippen molar-refractivity contribution in [3.8, 4) is 0 Å². The molecule has 2 rings (SSSR count). The highest BCUT2D eigenvalue weighted by atomic mass is 19.1. The van der Waals surface area contributed by atoms with Gasteiger partial charge in [0.15, 0.2) is 0 Å². The zero-order chi connectivity index (χ0) is 15.4. The van der Waals surface area contributed by atoms with E-state index in [1.165, 1.54) is 12.1 Å². The van der Waals surface area contributed by atoms with E-state index in [4.69, 9.17) is 0 Å². The smallest absolute Gasteiger partial charge is 0.304 e. The van der Waals surface area contributed by atoms with Crippen LogP contribution in [0.1, 0.15) is 18.4 Å². The minimum absolute atomic E-state index is 0.455. The maximum Gasteiger partial charge on any atom is 0.304 e. The Balaban J connectivity index is 1.89. The minimum Gasteiger partial charge on any atom is -0.309 e. The van der Waals surface area contributed by atoms with Crippen LogP contribution in [-0.2, 0) is 6.54 Å². The van der Waals surface area contributed by atoms with Crippen LogP contribution in [0.5, 0.6) is 0 Å². The Bertz CT molecular complexity index is 500. The lowest BCUT2D eigenvalue weighted by Crippen LogP contribution is -2.36. The summed E-state index contributed by atoms with van der Waals surface area (Å²) in [6, 6.07) is 4.18. The van der Waals surface area contributed by atoms with Crippen molar-refractivity contribution in [1.82, 2.24) is 9.80 Å². The molecule has 0 radical (unpaired) electrons. The van der Waals surface area contributed by atoms with Gasteiger partial charge in [0.1, 0.15) is 0 Å². The highest BCUT2D eigenvalue weighted by molar-refractivity contribution is 5.34. The maximum atomic E-state index is 13.6. The average Bonchev–Trinajstić information content (AvgIpc) is 2.40. The highest BCUT2D eigenvalue weighted by Crippen LogP contribution is 2.22. The van der Waals surface area contributed by atoms with Crippen LogP contribution in [0.3, 0.4) is 0 Å². The quantitative estimate of drug-likeness (QED) is 0.618. The number of nitrogens with zero attached hydrogens (tertiary/aromatic N) is 3. The van der Waals surface area contributed by atoms with Gasteiger partial charge >= 0.3 is 5.69 Å². The van der Waals surface area contributed by atoms with Gasteiger partial charge in [-0.05, 0) is 57.6 Å². The second-order valence-corrected chi connectivity index (χ2v) is 6.02. The fraction of sp³-hybridized carbons (Fsp3) is 0.600. The van der Waals surface area contributed by atoms with Gasteiger partial charge in [0, 0.05) is 19.2 Å². The number of nitro groups is 1. The summed E-state index contributed by atoms with van der Waals surface area (Å²) in [7, 11) is 4.18. The van der Waals surface area contributed by atoms with Crippen LogP contribution in [-0.4, -0.2) is 48.5 Å². The van der Waals surface area contributed by atoms with Gasteiger partial charge in [-0.2, -0.15) is 4.39 Å². The van der Waals surface area contributed by atoms with Crippen LogP contribution < -0.4 is 0 Å². The molecular weight excluding hydrogens is 273 g/mol. The van der Waals surface area contributed by atoms with E-state index in [1.54, 1.807) is 6.07 Å². The minimum atomic E-state index is -0.750. The lowest BCUT2D eigenvalue weighted by atomic mass is 9.96. The monoisotopic (exact) mass is 295 g/mol. The van der Waals surface area contributed by atoms with Gasteiger partial charge in [-0.15, -0.1) is 0 Å². The van der Waals surface area contributed by atoms with Gasteiger partial charge in [-0.25, -0.2) is 0 Å². The summed E-state index contributed by atoms with van der Waals surface area (Å²) in [4.78, 5) is 14.4. The Kier molecular flexibility index (Phi) is 5.25. The van der Waals surface area contributed by atoms with Crippen molar-refractivity contribution in [3.05, 3.63) is 39.7 Å². The molecule has 1 aliphatic heterocycles. The second-order valence-electron chi connectivity index (χ2n) is 6.02. The molecule has 1 aliphatic rings. The molecule has 0 atom stereocenters. The standard InChI is InChI=1S/C15H22FN3O2/c1-17(2)10-12-5-7-18(8-6-12)11-13-3-4-15(19(20)21)14(16)9-13/h3-4,9,12H,5-8,10-11H2,1-2H3. The Hall–Kier alpha value is -1.53. The van der Waals surface area contributed by atoms with Crippen LogP contribution in [0.15, 0.2) is 18.2 Å². The van der Waals surface area contributed by atoms with Crippen molar-refractivity contribution in [3.63, 3.8) is 0 Å². The number of hydrogen-bond donors (Lipinski definition) is 0. The summed E-state index contributed by atoms with van der Waals surface area (Å²) >= 11 is 0. The van der Waals surface area contributed by atoms with Gasteiger partial charge in [-0.1, -0.05) is 6.07 Å². The molecule has 1 aromatic rings. The molecule has 0 amide bonds. The normalized spacial score (nSPS) is 17.3. The molecule has 1 heterocycles. The topological polar surface area (TPSA) is 49.6 Å². The van der Waals surface area contributed by atoms with Gasteiger partial charge in [0.25, 0.3) is 0 Å².